The van der Waals surface area contributed by atoms with Crippen molar-refractivity contribution in [1.82, 2.24) is 26.0 Å². The van der Waals surface area contributed by atoms with Crippen LogP contribution in [0.4, 0.5) is 0 Å². The van der Waals surface area contributed by atoms with Gasteiger partial charge in [0.25, 0.3) is 0 Å². The maximum atomic E-state index is 13.6. The van der Waals surface area contributed by atoms with E-state index in [-0.39, 0.29) is 35.8 Å². The lowest BCUT2D eigenvalue weighted by Gasteiger charge is -2.38. The van der Waals surface area contributed by atoms with E-state index in [9.17, 15) is 14.4 Å². The molecule has 34 heavy (non-hydrogen) atoms. The molecule has 4 saturated heterocycles. The number of rotatable bonds is 3. The van der Waals surface area contributed by atoms with E-state index in [1.165, 1.54) is 25.7 Å². The van der Waals surface area contributed by atoms with Crippen LogP contribution in [-0.2, 0) is 19.1 Å². The van der Waals surface area contributed by atoms with Crippen molar-refractivity contribution in [2.45, 2.75) is 108 Å². The van der Waals surface area contributed by atoms with E-state index in [0.717, 1.165) is 19.3 Å². The molecule has 7 atom stereocenters. The molecule has 0 radical (unpaired) electrons. The maximum Gasteiger partial charge on any atom is 0.329 e. The Morgan fingerprint density at radius 3 is 2.44 bits per heavy atom. The molecule has 0 aromatic rings. The Morgan fingerprint density at radius 1 is 0.882 bits per heavy atom. The Kier molecular flexibility index (Phi) is 6.63. The molecular weight excluding hydrogens is 434 g/mol. The highest BCUT2D eigenvalue weighted by Crippen LogP contribution is 2.35. The fourth-order valence-corrected chi connectivity index (χ4v) is 6.80. The Labute approximate surface area is 202 Å². The second-order valence-electron chi connectivity index (χ2n) is 11.9. The Morgan fingerprint density at radius 2 is 1.68 bits per heavy atom. The van der Waals surface area contributed by atoms with Crippen LogP contribution in [0, 0.1) is 11.8 Å². The van der Waals surface area contributed by atoms with Gasteiger partial charge in [-0.15, -0.1) is 0 Å². The molecule has 4 heterocycles. The Hall–Kier alpha value is -1.71. The van der Waals surface area contributed by atoms with Gasteiger partial charge in [-0.1, -0.05) is 12.8 Å². The molecule has 9 nitrogen and oxygen atoms in total. The highest BCUT2D eigenvalue weighted by Gasteiger charge is 2.49. The van der Waals surface area contributed by atoms with Gasteiger partial charge in [0.2, 0.25) is 11.8 Å². The molecule has 4 aliphatic heterocycles. The Bertz CT molecular complexity index is 800. The van der Waals surface area contributed by atoms with Crippen molar-refractivity contribution in [2.24, 2.45) is 11.8 Å². The van der Waals surface area contributed by atoms with Crippen molar-refractivity contribution in [1.29, 1.82) is 0 Å². The second-order valence-corrected chi connectivity index (χ2v) is 11.9. The highest BCUT2D eigenvalue weighted by atomic mass is 16.6. The molecule has 0 spiro atoms. The monoisotopic (exact) mass is 475 g/mol. The van der Waals surface area contributed by atoms with Crippen LogP contribution in [0.5, 0.6) is 0 Å². The van der Waals surface area contributed by atoms with Gasteiger partial charge >= 0.3 is 5.97 Å². The normalized spacial score (nSPS) is 37.9. The van der Waals surface area contributed by atoms with Crippen LogP contribution in [0.15, 0.2) is 0 Å². The summed E-state index contributed by atoms with van der Waals surface area (Å²) >= 11 is 0. The summed E-state index contributed by atoms with van der Waals surface area (Å²) in [6.07, 6.45) is 8.13. The number of esters is 1. The first-order valence-corrected chi connectivity index (χ1v) is 13.3. The van der Waals surface area contributed by atoms with Crippen LogP contribution in [0.3, 0.4) is 0 Å². The summed E-state index contributed by atoms with van der Waals surface area (Å²) < 4.78 is 5.59. The highest BCUT2D eigenvalue weighted by molar-refractivity contribution is 5.89. The summed E-state index contributed by atoms with van der Waals surface area (Å²) in [5.41, 5.74) is 5.92. The van der Waals surface area contributed by atoms with Crippen molar-refractivity contribution in [2.75, 3.05) is 19.6 Å². The molecule has 3 N–H and O–H groups in total. The smallest absolute Gasteiger partial charge is 0.329 e. The zero-order valence-electron chi connectivity index (χ0n) is 20.8. The zero-order valence-corrected chi connectivity index (χ0v) is 20.8. The molecule has 1 saturated carbocycles. The van der Waals surface area contributed by atoms with E-state index in [4.69, 9.17) is 4.74 Å². The summed E-state index contributed by atoms with van der Waals surface area (Å²) in [5.74, 6) is 0.430. The molecule has 0 bridgehead atoms. The molecule has 2 amide bonds. The molecule has 5 rings (SSSR count). The molecule has 5 aliphatic rings. The Balaban J connectivity index is 1.23. The van der Waals surface area contributed by atoms with Crippen LogP contribution in [-0.4, -0.2) is 83.0 Å². The molecule has 0 aromatic carbocycles. The van der Waals surface area contributed by atoms with Gasteiger partial charge in [-0.05, 0) is 65.2 Å². The van der Waals surface area contributed by atoms with E-state index >= 15 is 0 Å². The third-order valence-corrected chi connectivity index (χ3v) is 8.46. The third-order valence-electron chi connectivity index (χ3n) is 8.46. The number of hydrazine groups is 1. The number of nitrogens with one attached hydrogen (secondary N) is 3. The predicted molar refractivity (Wildman–Crippen MR) is 126 cm³/mol. The molecule has 0 aromatic heterocycles. The van der Waals surface area contributed by atoms with E-state index in [0.29, 0.717) is 38.0 Å². The van der Waals surface area contributed by atoms with Crippen molar-refractivity contribution < 1.29 is 19.1 Å². The molecule has 9 heteroatoms. The van der Waals surface area contributed by atoms with Crippen molar-refractivity contribution in [3.05, 3.63) is 0 Å². The van der Waals surface area contributed by atoms with Gasteiger partial charge in [0.05, 0.1) is 6.04 Å². The molecule has 5 fully saturated rings. The minimum Gasteiger partial charge on any atom is -0.458 e. The number of hydrogen-bond donors (Lipinski definition) is 3. The molecule has 1 aliphatic carbocycles. The van der Waals surface area contributed by atoms with Crippen molar-refractivity contribution in [3.63, 3.8) is 0 Å². The van der Waals surface area contributed by atoms with E-state index in [1.54, 1.807) is 4.90 Å². The zero-order chi connectivity index (χ0) is 24.0. The standard InChI is InChI=1S/C25H41N5O4/c1-25(2,3)34-24(33)20-9-6-11-30(20)23(32)21-16-14-29(12-10-18(16)27-28-21)22(31)19-13-15-7-4-5-8-17(15)26-19/h15-21,26-28H,4-14H2,1-3H3/t15?,16?,17?,18?,19?,20-,21?/m0/s1. The minimum absolute atomic E-state index is 0.00577. The summed E-state index contributed by atoms with van der Waals surface area (Å²) in [7, 11) is 0. The van der Waals surface area contributed by atoms with Gasteiger partial charge in [-0.3, -0.25) is 15.0 Å². The predicted octanol–water partition coefficient (Wildman–Crippen LogP) is 0.933. The quantitative estimate of drug-likeness (QED) is 0.522. The van der Waals surface area contributed by atoms with Gasteiger partial charge in [0.15, 0.2) is 0 Å². The van der Waals surface area contributed by atoms with E-state index in [2.05, 4.69) is 16.2 Å². The van der Waals surface area contributed by atoms with E-state index in [1.807, 2.05) is 25.7 Å². The first-order chi connectivity index (χ1) is 16.2. The lowest BCUT2D eigenvalue weighted by atomic mass is 9.84. The maximum absolute atomic E-state index is 13.6. The lowest BCUT2D eigenvalue weighted by molar-refractivity contribution is -0.163. The van der Waals surface area contributed by atoms with Crippen molar-refractivity contribution in [3.8, 4) is 0 Å². The molecule has 190 valence electrons. The summed E-state index contributed by atoms with van der Waals surface area (Å²) in [6, 6.07) is -0.414. The number of carbonyl (C=O) groups excluding carboxylic acids is 3. The van der Waals surface area contributed by atoms with Crippen molar-refractivity contribution >= 4 is 17.8 Å². The first-order valence-electron chi connectivity index (χ1n) is 13.3. The number of hydrogen-bond acceptors (Lipinski definition) is 7. The van der Waals surface area contributed by atoms with Gasteiger partial charge in [0, 0.05) is 37.6 Å². The number of likely N-dealkylation sites (tertiary alicyclic amines) is 2. The fourth-order valence-electron chi connectivity index (χ4n) is 6.80. The number of piperidine rings is 1. The van der Waals surface area contributed by atoms with Crippen LogP contribution in [0.2, 0.25) is 0 Å². The number of nitrogens with zero attached hydrogens (tertiary/aromatic N) is 2. The fraction of sp³-hybridized carbons (Fsp3) is 0.880. The number of fused-ring (bicyclic) bond motifs is 2. The summed E-state index contributed by atoms with van der Waals surface area (Å²) in [6.45, 7) is 7.39. The van der Waals surface area contributed by atoms with Crippen LogP contribution >= 0.6 is 0 Å². The molecule has 6 unspecified atom stereocenters. The van der Waals surface area contributed by atoms with Gasteiger partial charge in [-0.2, -0.15) is 0 Å². The number of ether oxygens (including phenoxy) is 1. The first kappa shape index (κ1) is 24.0. The van der Waals surface area contributed by atoms with Gasteiger partial charge in [-0.25, -0.2) is 10.2 Å². The minimum atomic E-state index is -0.581. The third kappa shape index (κ3) is 4.71. The SMILES string of the molecule is CC(C)(C)OC(=O)[C@@H]1CCCN1C(=O)C1NNC2CCN(C(=O)C3CC4CCCCC4N3)CC21. The summed E-state index contributed by atoms with van der Waals surface area (Å²) in [4.78, 5) is 43.4. The van der Waals surface area contributed by atoms with E-state index < -0.39 is 17.7 Å². The average Bonchev–Trinajstić information content (AvgIpc) is 3.54. The van der Waals surface area contributed by atoms with Gasteiger partial charge < -0.3 is 19.9 Å². The second kappa shape index (κ2) is 9.39. The lowest BCUT2D eigenvalue weighted by Crippen LogP contribution is -2.56. The number of carbonyl (C=O) groups is 3. The van der Waals surface area contributed by atoms with Gasteiger partial charge in [0.1, 0.15) is 17.7 Å². The number of amides is 2. The van der Waals surface area contributed by atoms with Crippen LogP contribution in [0.25, 0.3) is 0 Å². The largest absolute Gasteiger partial charge is 0.458 e. The van der Waals surface area contributed by atoms with Crippen LogP contribution < -0.4 is 16.2 Å². The summed E-state index contributed by atoms with van der Waals surface area (Å²) in [5, 5.41) is 3.62. The van der Waals surface area contributed by atoms with Crippen LogP contribution in [0.1, 0.15) is 72.1 Å². The topological polar surface area (TPSA) is 103 Å². The average molecular weight is 476 g/mol. The molecular formula is C25H41N5O4.